The van der Waals surface area contributed by atoms with Gasteiger partial charge in [-0.1, -0.05) is 0 Å². The maximum absolute atomic E-state index is 8.45. The van der Waals surface area contributed by atoms with Crippen molar-refractivity contribution in [3.8, 4) is 18.2 Å². The number of pyridine rings is 3. The van der Waals surface area contributed by atoms with Crippen molar-refractivity contribution in [2.75, 3.05) is 0 Å². The van der Waals surface area contributed by atoms with E-state index in [1.54, 1.807) is 31.9 Å². The minimum absolute atomic E-state index is 0.678. The fourth-order valence-electron chi connectivity index (χ4n) is 1.92. The molecule has 0 aliphatic carbocycles. The minimum atomic E-state index is -2.92. The van der Waals surface area contributed by atoms with Crippen molar-refractivity contribution in [1.29, 1.82) is 15.8 Å². The molecule has 0 atom stereocenters. The molecule has 3 aromatic heterocycles. The molecule has 9 nitrogen and oxygen atoms in total. The Kier molecular flexibility index (Phi) is 13.6. The van der Waals surface area contributed by atoms with Crippen molar-refractivity contribution in [2.24, 2.45) is 21.1 Å². The molecule has 0 spiro atoms. The first-order chi connectivity index (χ1) is 14.8. The minimum Gasteiger partial charge on any atom is -0.907 e. The summed E-state index contributed by atoms with van der Waals surface area (Å²) in [6, 6.07) is 22.7. The summed E-state index contributed by atoms with van der Waals surface area (Å²) in [5, 5.41) is 50.6. The highest BCUT2D eigenvalue weighted by atomic mass is 16.5. The van der Waals surface area contributed by atoms with Crippen LogP contribution in [0.3, 0.4) is 0 Å². The van der Waals surface area contributed by atoms with Crippen molar-refractivity contribution >= 4 is 7.32 Å². The number of aromatic nitrogens is 3. The van der Waals surface area contributed by atoms with Crippen LogP contribution in [0.15, 0.2) is 73.2 Å². The number of nitrogens with zero attached hydrogens (tertiary/aromatic N) is 6. The zero-order chi connectivity index (χ0) is 23.6. The van der Waals surface area contributed by atoms with Crippen LogP contribution in [0.4, 0.5) is 0 Å². The number of hydrogen-bond donors (Lipinski definition) is 0. The normalized spacial score (nSPS) is 8.23. The van der Waals surface area contributed by atoms with Gasteiger partial charge in [-0.25, -0.2) is 0 Å². The van der Waals surface area contributed by atoms with E-state index in [0.717, 1.165) is 0 Å². The summed E-state index contributed by atoms with van der Waals surface area (Å²) in [6.07, 6.45) is 5.54. The molecule has 0 unspecified atom stereocenters. The molecule has 0 N–H and O–H groups in total. The fraction of sp³-hybridized carbons (Fsp3) is 0.143. The average molecular weight is 416 g/mol. The first-order valence-electron chi connectivity index (χ1n) is 8.78. The van der Waals surface area contributed by atoms with Crippen LogP contribution in [-0.2, 0) is 21.1 Å². The lowest BCUT2D eigenvalue weighted by Crippen LogP contribution is -2.56. The third kappa shape index (κ3) is 12.1. The monoisotopic (exact) mass is 416 g/mol. The van der Waals surface area contributed by atoms with Gasteiger partial charge in [0.05, 0.1) is 0 Å². The Morgan fingerprint density at radius 1 is 0.581 bits per heavy atom. The Hall–Kier alpha value is -4.14. The van der Waals surface area contributed by atoms with Gasteiger partial charge in [0.15, 0.2) is 36.8 Å². The van der Waals surface area contributed by atoms with Crippen LogP contribution in [0.5, 0.6) is 0 Å². The lowest BCUT2D eigenvalue weighted by Gasteiger charge is -2.35. The molecule has 0 saturated carbocycles. The first-order valence-corrected chi connectivity index (χ1v) is 8.78. The molecule has 156 valence electrons. The van der Waals surface area contributed by atoms with E-state index in [-0.39, 0.29) is 0 Å². The van der Waals surface area contributed by atoms with Crippen molar-refractivity contribution in [3.05, 3.63) is 90.3 Å². The maximum atomic E-state index is 8.45. The Morgan fingerprint density at radius 2 is 0.806 bits per heavy atom. The van der Waals surface area contributed by atoms with Crippen molar-refractivity contribution in [1.82, 2.24) is 0 Å². The second-order valence-corrected chi connectivity index (χ2v) is 5.71. The van der Waals surface area contributed by atoms with Crippen molar-refractivity contribution in [2.45, 2.75) is 0 Å². The topological polar surface area (TPSA) is 152 Å². The van der Waals surface area contributed by atoms with Crippen LogP contribution in [0.2, 0.25) is 0 Å². The van der Waals surface area contributed by atoms with Gasteiger partial charge in [-0.05, 0) is 18.2 Å². The second kappa shape index (κ2) is 15.7. The lowest BCUT2D eigenvalue weighted by atomic mass is 10.3. The summed E-state index contributed by atoms with van der Waals surface area (Å²) in [5.41, 5.74) is 2.03. The van der Waals surface area contributed by atoms with E-state index < -0.39 is 7.32 Å². The standard InChI is InChI=1S/3C7H7N2.BO3/c3*1-9-5-3-2-4-7(9)6-8;2-1(3)4/h3*2-5H,1H3;/q3*+1;-3. The molecule has 0 aliphatic rings. The van der Waals surface area contributed by atoms with Crippen molar-refractivity contribution in [3.63, 3.8) is 0 Å². The molecule has 10 heteroatoms. The van der Waals surface area contributed by atoms with Gasteiger partial charge in [0, 0.05) is 36.4 Å². The van der Waals surface area contributed by atoms with E-state index in [0.29, 0.717) is 17.1 Å². The van der Waals surface area contributed by atoms with Crippen LogP contribution in [0.1, 0.15) is 17.1 Å². The number of hydrogen-bond acceptors (Lipinski definition) is 6. The third-order valence-electron chi connectivity index (χ3n) is 3.51. The van der Waals surface area contributed by atoms with Crippen LogP contribution >= 0.6 is 0 Å². The van der Waals surface area contributed by atoms with Gasteiger partial charge in [-0.3, -0.25) is 7.32 Å². The van der Waals surface area contributed by atoms with Gasteiger partial charge in [-0.2, -0.15) is 29.5 Å². The summed E-state index contributed by atoms with van der Waals surface area (Å²) in [6.45, 7) is 0. The second-order valence-electron chi connectivity index (χ2n) is 5.71. The molecule has 0 aliphatic heterocycles. The highest BCUT2D eigenvalue weighted by Crippen LogP contribution is 1.86. The SMILES string of the molecule is C[n+]1ccccc1C#N.C[n+]1ccccc1C#N.C[n+]1ccccc1C#N.[O-]B([O-])[O-]. The van der Waals surface area contributed by atoms with Crippen LogP contribution < -0.4 is 28.8 Å². The Balaban J connectivity index is 0.000000402. The molecule has 0 aromatic carbocycles. The lowest BCUT2D eigenvalue weighted by molar-refractivity contribution is -0.674. The molecule has 0 fully saturated rings. The van der Waals surface area contributed by atoms with Crippen LogP contribution in [0.25, 0.3) is 0 Å². The van der Waals surface area contributed by atoms with Gasteiger partial charge >= 0.3 is 0 Å². The molecule has 3 heterocycles. The zero-order valence-electron chi connectivity index (χ0n) is 17.4. The van der Waals surface area contributed by atoms with Gasteiger partial charge in [0.1, 0.15) is 21.1 Å². The Bertz CT molecular complexity index is 937. The molecule has 0 radical (unpaired) electrons. The smallest absolute Gasteiger partial charge is 0.283 e. The van der Waals surface area contributed by atoms with Crippen LogP contribution in [-0.4, -0.2) is 7.32 Å². The predicted octanol–water partition coefficient (Wildman–Crippen LogP) is -2.80. The van der Waals surface area contributed by atoms with Gasteiger partial charge in [0.25, 0.3) is 17.1 Å². The van der Waals surface area contributed by atoms with E-state index in [2.05, 4.69) is 18.2 Å². The average Bonchev–Trinajstić information content (AvgIpc) is 2.75. The molecule has 0 bridgehead atoms. The molecule has 0 amide bonds. The predicted molar refractivity (Wildman–Crippen MR) is 103 cm³/mol. The molecular formula is C21H21BN6O3. The third-order valence-corrected chi connectivity index (χ3v) is 3.51. The summed E-state index contributed by atoms with van der Waals surface area (Å²) >= 11 is 0. The van der Waals surface area contributed by atoms with E-state index >= 15 is 0 Å². The van der Waals surface area contributed by atoms with Crippen molar-refractivity contribution < 1.29 is 28.8 Å². The number of nitriles is 3. The highest BCUT2D eigenvalue weighted by Gasteiger charge is 2.00. The Labute approximate surface area is 182 Å². The molecule has 31 heavy (non-hydrogen) atoms. The van der Waals surface area contributed by atoms with E-state index in [4.69, 9.17) is 30.9 Å². The first kappa shape index (κ1) is 26.9. The van der Waals surface area contributed by atoms with Crippen LogP contribution in [0, 0.1) is 34.0 Å². The molecular weight excluding hydrogens is 395 g/mol. The maximum Gasteiger partial charge on any atom is 0.283 e. The van der Waals surface area contributed by atoms with Gasteiger partial charge in [0.2, 0.25) is 0 Å². The van der Waals surface area contributed by atoms with Gasteiger partial charge < -0.3 is 15.1 Å². The summed E-state index contributed by atoms with van der Waals surface area (Å²) < 4.78 is 5.33. The van der Waals surface area contributed by atoms with E-state index in [9.17, 15) is 0 Å². The zero-order valence-corrected chi connectivity index (χ0v) is 17.4. The molecule has 3 rings (SSSR count). The van der Waals surface area contributed by atoms with E-state index in [1.165, 1.54) is 0 Å². The largest absolute Gasteiger partial charge is 0.907 e. The van der Waals surface area contributed by atoms with Gasteiger partial charge in [-0.15, -0.1) is 0 Å². The Morgan fingerprint density at radius 3 is 0.935 bits per heavy atom. The molecule has 0 saturated heterocycles. The summed E-state index contributed by atoms with van der Waals surface area (Å²) in [4.78, 5) is 0. The number of aryl methyl sites for hydroxylation is 3. The molecule has 3 aromatic rings. The number of rotatable bonds is 0. The van der Waals surface area contributed by atoms with E-state index in [1.807, 2.05) is 76.1 Å². The highest BCUT2D eigenvalue weighted by molar-refractivity contribution is 6.24. The summed E-state index contributed by atoms with van der Waals surface area (Å²) in [5.74, 6) is 0. The summed E-state index contributed by atoms with van der Waals surface area (Å²) in [7, 11) is 2.62. The fourth-order valence-corrected chi connectivity index (χ4v) is 1.92. The quantitative estimate of drug-likeness (QED) is 0.285.